The smallest absolute Gasteiger partial charge is 0.417 e. The number of aromatic amines is 1. The lowest BCUT2D eigenvalue weighted by Crippen LogP contribution is -2.46. The van der Waals surface area contributed by atoms with Crippen LogP contribution >= 0.6 is 0 Å². The molecule has 1 aliphatic rings. The van der Waals surface area contributed by atoms with Gasteiger partial charge in [0.15, 0.2) is 17.2 Å². The lowest BCUT2D eigenvalue weighted by atomic mass is 9.77. The van der Waals surface area contributed by atoms with Gasteiger partial charge < -0.3 is 19.4 Å². The number of ether oxygens (including phenoxy) is 2. The molecular weight excluding hydrogens is 485 g/mol. The number of hydrogen-bond acceptors (Lipinski definition) is 4. The van der Waals surface area contributed by atoms with Crippen molar-refractivity contribution in [1.29, 1.82) is 0 Å². The molecule has 2 aromatic carbocycles. The molecule has 1 N–H and O–H groups in total. The first kappa shape index (κ1) is 25.9. The van der Waals surface area contributed by atoms with Crippen LogP contribution in [-0.2, 0) is 4.74 Å². The summed E-state index contributed by atoms with van der Waals surface area (Å²) in [6.07, 6.45) is -6.06. The number of H-pyrrole nitrogens is 1. The number of imidazole rings is 1. The second-order valence-corrected chi connectivity index (χ2v) is 9.11. The predicted molar refractivity (Wildman–Crippen MR) is 122 cm³/mol. The number of nitrogens with one attached hydrogen (secondary N) is 1. The molecule has 1 amide bonds. The van der Waals surface area contributed by atoms with Gasteiger partial charge in [0.25, 0.3) is 5.91 Å². The summed E-state index contributed by atoms with van der Waals surface area (Å²) in [6, 6.07) is 6.78. The summed E-state index contributed by atoms with van der Waals surface area (Å²) < 4.78 is 81.7. The molecule has 2 heterocycles. The number of carbonyl (C=O) groups excluding carboxylic acids is 1. The fourth-order valence-corrected chi connectivity index (χ4v) is 4.71. The highest BCUT2D eigenvalue weighted by Crippen LogP contribution is 2.59. The molecule has 1 aliphatic heterocycles. The number of amides is 1. The number of hydrogen-bond donors (Lipinski definition) is 1. The van der Waals surface area contributed by atoms with Crippen LogP contribution in [0.2, 0.25) is 0 Å². The third kappa shape index (κ3) is 3.99. The zero-order valence-corrected chi connectivity index (χ0v) is 20.3. The van der Waals surface area contributed by atoms with E-state index in [1.807, 2.05) is 6.92 Å². The third-order valence-electron chi connectivity index (χ3n) is 7.15. The molecule has 36 heavy (non-hydrogen) atoms. The van der Waals surface area contributed by atoms with E-state index in [1.165, 1.54) is 17.9 Å². The van der Waals surface area contributed by atoms with Crippen LogP contribution < -0.4 is 4.74 Å². The van der Waals surface area contributed by atoms with E-state index < -0.39 is 47.1 Å². The SMILES string of the molecule is CCN(C)C(=O)c1ccc2nc([C@@H]3O[C@@](C)(C(F)(F)F)[C@@H](C)[C@H]3c3ccc(F)c(F)c3OC)[nH]c2c1. The van der Waals surface area contributed by atoms with Crippen LogP contribution in [0.5, 0.6) is 5.75 Å². The minimum absolute atomic E-state index is 0.0303. The van der Waals surface area contributed by atoms with Crippen molar-refractivity contribution in [3.05, 3.63) is 58.9 Å². The normalized spacial score (nSPS) is 24.3. The van der Waals surface area contributed by atoms with Crippen molar-refractivity contribution in [2.24, 2.45) is 5.92 Å². The molecule has 1 aromatic heterocycles. The zero-order chi connectivity index (χ0) is 26.6. The Kier molecular flexibility index (Phi) is 6.48. The summed E-state index contributed by atoms with van der Waals surface area (Å²) in [5, 5.41) is 0. The fourth-order valence-electron chi connectivity index (χ4n) is 4.71. The summed E-state index contributed by atoms with van der Waals surface area (Å²) in [5.74, 6) is -5.44. The average Bonchev–Trinajstić information content (AvgIpc) is 3.38. The number of rotatable bonds is 5. The molecular formula is C25H26F5N3O3. The third-order valence-corrected chi connectivity index (χ3v) is 7.15. The number of carbonyl (C=O) groups is 1. The van der Waals surface area contributed by atoms with E-state index in [2.05, 4.69) is 9.97 Å². The van der Waals surface area contributed by atoms with Gasteiger partial charge in [0, 0.05) is 36.6 Å². The largest absolute Gasteiger partial charge is 0.493 e. The number of aromatic nitrogens is 2. The molecule has 11 heteroatoms. The van der Waals surface area contributed by atoms with Crippen LogP contribution in [0.3, 0.4) is 0 Å². The van der Waals surface area contributed by atoms with Crippen LogP contribution in [0.25, 0.3) is 11.0 Å². The Hall–Kier alpha value is -3.21. The van der Waals surface area contributed by atoms with E-state index in [-0.39, 0.29) is 17.3 Å². The Morgan fingerprint density at radius 1 is 1.25 bits per heavy atom. The number of benzene rings is 2. The van der Waals surface area contributed by atoms with Gasteiger partial charge in [0.1, 0.15) is 11.9 Å². The Bertz CT molecular complexity index is 1310. The minimum Gasteiger partial charge on any atom is -0.493 e. The van der Waals surface area contributed by atoms with Gasteiger partial charge in [-0.3, -0.25) is 4.79 Å². The van der Waals surface area contributed by atoms with E-state index >= 15 is 0 Å². The molecule has 0 saturated carbocycles. The van der Waals surface area contributed by atoms with Gasteiger partial charge in [-0.1, -0.05) is 13.0 Å². The maximum atomic E-state index is 14.6. The molecule has 6 nitrogen and oxygen atoms in total. The molecule has 0 radical (unpaired) electrons. The molecule has 194 valence electrons. The van der Waals surface area contributed by atoms with Gasteiger partial charge in [-0.2, -0.15) is 17.6 Å². The first-order valence-corrected chi connectivity index (χ1v) is 11.4. The molecule has 4 atom stereocenters. The van der Waals surface area contributed by atoms with Crippen LogP contribution in [0, 0.1) is 17.6 Å². The number of halogens is 5. The molecule has 0 unspecified atom stereocenters. The van der Waals surface area contributed by atoms with E-state index in [4.69, 9.17) is 9.47 Å². The maximum absolute atomic E-state index is 14.6. The first-order valence-electron chi connectivity index (χ1n) is 11.4. The summed E-state index contributed by atoms with van der Waals surface area (Å²) >= 11 is 0. The van der Waals surface area contributed by atoms with E-state index in [1.54, 1.807) is 25.2 Å². The Balaban J connectivity index is 1.86. The van der Waals surface area contributed by atoms with Crippen LogP contribution in [-0.4, -0.2) is 53.3 Å². The molecule has 1 fully saturated rings. The summed E-state index contributed by atoms with van der Waals surface area (Å²) in [6.45, 7) is 4.59. The fraction of sp³-hybridized carbons (Fsp3) is 0.440. The average molecular weight is 511 g/mol. The Morgan fingerprint density at radius 3 is 2.56 bits per heavy atom. The highest BCUT2D eigenvalue weighted by atomic mass is 19.4. The van der Waals surface area contributed by atoms with Crippen molar-refractivity contribution in [2.45, 2.75) is 44.6 Å². The highest BCUT2D eigenvalue weighted by Gasteiger charge is 2.65. The highest BCUT2D eigenvalue weighted by molar-refractivity contribution is 5.97. The van der Waals surface area contributed by atoms with E-state index in [9.17, 15) is 26.7 Å². The van der Waals surface area contributed by atoms with Crippen molar-refractivity contribution in [1.82, 2.24) is 14.9 Å². The predicted octanol–water partition coefficient (Wildman–Crippen LogP) is 5.75. The molecule has 1 saturated heterocycles. The maximum Gasteiger partial charge on any atom is 0.417 e. The second kappa shape index (κ2) is 9.02. The second-order valence-electron chi connectivity index (χ2n) is 9.11. The lowest BCUT2D eigenvalue weighted by molar-refractivity contribution is -0.275. The van der Waals surface area contributed by atoms with Crippen molar-refractivity contribution >= 4 is 16.9 Å². The van der Waals surface area contributed by atoms with Gasteiger partial charge >= 0.3 is 6.18 Å². The van der Waals surface area contributed by atoms with Gasteiger partial charge in [-0.05, 0) is 38.1 Å². The first-order chi connectivity index (χ1) is 16.8. The quantitative estimate of drug-likeness (QED) is 0.443. The van der Waals surface area contributed by atoms with Crippen molar-refractivity contribution < 1.29 is 36.2 Å². The number of alkyl halides is 3. The lowest BCUT2D eigenvalue weighted by Gasteiger charge is -2.32. The Labute approximate surface area is 204 Å². The van der Waals surface area contributed by atoms with Crippen LogP contribution in [0.15, 0.2) is 30.3 Å². The van der Waals surface area contributed by atoms with E-state index in [0.29, 0.717) is 23.1 Å². The standard InChI is InChI=1S/C25H26F5N3O3/c1-6-33(4)23(34)13-7-10-16-17(11-13)32-22(31-16)21-18(12(2)24(3,36-21)25(28,29)30)14-8-9-15(26)19(27)20(14)35-5/h7-12,18,21H,6H2,1-5H3,(H,31,32)/t12-,18-,21+,24+/m0/s1. The van der Waals surface area contributed by atoms with Gasteiger partial charge in [0.2, 0.25) is 5.82 Å². The summed E-state index contributed by atoms with van der Waals surface area (Å²) in [5.41, 5.74) is -1.37. The summed E-state index contributed by atoms with van der Waals surface area (Å²) in [7, 11) is 2.77. The minimum atomic E-state index is -4.76. The summed E-state index contributed by atoms with van der Waals surface area (Å²) in [4.78, 5) is 21.5. The van der Waals surface area contributed by atoms with Crippen LogP contribution in [0.1, 0.15) is 54.5 Å². The molecule has 0 spiro atoms. The monoisotopic (exact) mass is 511 g/mol. The topological polar surface area (TPSA) is 67.5 Å². The molecule has 0 bridgehead atoms. The van der Waals surface area contributed by atoms with Crippen LogP contribution in [0.4, 0.5) is 22.0 Å². The Morgan fingerprint density at radius 2 is 1.94 bits per heavy atom. The number of methoxy groups -OCH3 is 1. The van der Waals surface area contributed by atoms with E-state index in [0.717, 1.165) is 20.1 Å². The van der Waals surface area contributed by atoms with Gasteiger partial charge in [-0.25, -0.2) is 9.37 Å². The van der Waals surface area contributed by atoms with Gasteiger partial charge in [0.05, 0.1) is 18.1 Å². The number of nitrogens with zero attached hydrogens (tertiary/aromatic N) is 2. The molecule has 4 rings (SSSR count). The molecule has 0 aliphatic carbocycles. The van der Waals surface area contributed by atoms with Crippen molar-refractivity contribution in [3.63, 3.8) is 0 Å². The molecule has 3 aromatic rings. The number of fused-ring (bicyclic) bond motifs is 1. The zero-order valence-electron chi connectivity index (χ0n) is 20.3. The van der Waals surface area contributed by atoms with Crippen molar-refractivity contribution in [3.8, 4) is 5.75 Å². The van der Waals surface area contributed by atoms with Gasteiger partial charge in [-0.15, -0.1) is 0 Å². The van der Waals surface area contributed by atoms with Crippen molar-refractivity contribution in [2.75, 3.05) is 20.7 Å².